The predicted octanol–water partition coefficient (Wildman–Crippen LogP) is 5.68. The highest BCUT2D eigenvalue weighted by atomic mass is 35.5. The Morgan fingerprint density at radius 2 is 1.71 bits per heavy atom. The Morgan fingerprint density at radius 3 is 2.42 bits per heavy atom. The topological polar surface area (TPSA) is 74.3 Å². The number of carbonyl (C=O) groups is 2. The average molecular weight is 475 g/mol. The number of hydrogen-bond donors (Lipinski definition) is 2. The molecule has 1 aliphatic heterocycles. The lowest BCUT2D eigenvalue weighted by Crippen LogP contribution is -2.40. The number of thioether (sulfide) groups is 1. The van der Waals surface area contributed by atoms with E-state index >= 15 is 0 Å². The summed E-state index contributed by atoms with van der Waals surface area (Å²) in [6.07, 6.45) is 1.68. The van der Waals surface area contributed by atoms with Crippen LogP contribution in [0.3, 0.4) is 0 Å². The zero-order chi connectivity index (χ0) is 22.0. The Hall–Kier alpha value is -2.48. The van der Waals surface area contributed by atoms with Gasteiger partial charge in [0.15, 0.2) is 0 Å². The second-order valence-electron chi connectivity index (χ2n) is 7.10. The first-order chi connectivity index (χ1) is 15.0. The minimum absolute atomic E-state index is 0.131. The molecule has 0 radical (unpaired) electrons. The number of aromatic nitrogens is 1. The summed E-state index contributed by atoms with van der Waals surface area (Å²) in [7, 11) is 0. The second kappa shape index (κ2) is 9.34. The number of urea groups is 1. The smallest absolute Gasteiger partial charge is 0.321 e. The van der Waals surface area contributed by atoms with Gasteiger partial charge in [-0.05, 0) is 30.7 Å². The molecule has 1 saturated heterocycles. The van der Waals surface area contributed by atoms with E-state index in [-0.39, 0.29) is 21.6 Å². The molecule has 1 aliphatic rings. The van der Waals surface area contributed by atoms with Crippen LogP contribution in [-0.2, 0) is 0 Å². The number of pyridine rings is 1. The molecule has 6 nitrogen and oxygen atoms in total. The Morgan fingerprint density at radius 1 is 1.03 bits per heavy atom. The van der Waals surface area contributed by atoms with Crippen molar-refractivity contribution in [3.63, 3.8) is 0 Å². The molecule has 160 valence electrons. The van der Waals surface area contributed by atoms with Gasteiger partial charge >= 0.3 is 6.03 Å². The van der Waals surface area contributed by atoms with Gasteiger partial charge in [0.05, 0.1) is 32.5 Å². The molecule has 0 unspecified atom stereocenters. The van der Waals surface area contributed by atoms with Gasteiger partial charge in [0.2, 0.25) is 0 Å². The molecule has 1 fully saturated rings. The van der Waals surface area contributed by atoms with Crippen molar-refractivity contribution in [2.24, 2.45) is 0 Å². The van der Waals surface area contributed by atoms with Crippen LogP contribution in [0.1, 0.15) is 15.9 Å². The van der Waals surface area contributed by atoms with Gasteiger partial charge in [0, 0.05) is 36.2 Å². The minimum Gasteiger partial charge on any atom is -0.323 e. The lowest BCUT2D eigenvalue weighted by atomic mass is 10.1. The van der Waals surface area contributed by atoms with Gasteiger partial charge in [-0.15, -0.1) is 0 Å². The number of aryl methyl sites for hydroxylation is 1. The average Bonchev–Trinajstić information content (AvgIpc) is 2.76. The quantitative estimate of drug-likeness (QED) is 0.511. The highest BCUT2D eigenvalue weighted by Gasteiger charge is 2.20. The maximum atomic E-state index is 12.8. The van der Waals surface area contributed by atoms with E-state index in [0.29, 0.717) is 16.9 Å². The number of hydrogen-bond acceptors (Lipinski definition) is 4. The van der Waals surface area contributed by atoms with Gasteiger partial charge in [-0.25, -0.2) is 4.79 Å². The van der Waals surface area contributed by atoms with Crippen molar-refractivity contribution in [1.29, 1.82) is 0 Å². The largest absolute Gasteiger partial charge is 0.323 e. The number of para-hydroxylation sites is 1. The summed E-state index contributed by atoms with van der Waals surface area (Å²) in [4.78, 5) is 31.9. The van der Waals surface area contributed by atoms with E-state index in [1.165, 1.54) is 0 Å². The molecule has 0 saturated carbocycles. The third kappa shape index (κ3) is 4.59. The van der Waals surface area contributed by atoms with E-state index in [1.807, 2.05) is 29.7 Å². The van der Waals surface area contributed by atoms with Crippen LogP contribution in [0.2, 0.25) is 10.0 Å². The number of nitrogens with zero attached hydrogens (tertiary/aromatic N) is 2. The fourth-order valence-corrected chi connectivity index (χ4v) is 4.91. The summed E-state index contributed by atoms with van der Waals surface area (Å²) in [6, 6.07) is 10.2. The van der Waals surface area contributed by atoms with Gasteiger partial charge in [0.1, 0.15) is 0 Å². The van der Waals surface area contributed by atoms with Crippen molar-refractivity contribution in [2.75, 3.05) is 35.2 Å². The standard InChI is InChI=1S/C22H20Cl2N4O2S/c1-13-12-25-20-14(19(13)27-22(30)28-8-10-31-11-9-28)4-2-7-17(20)26-21(29)18-15(23)5-3-6-16(18)24/h2-7,12H,8-11H2,1H3,(H,26,29)(H,25,27,30). The molecular formula is C22H20Cl2N4O2S. The van der Waals surface area contributed by atoms with E-state index in [1.54, 1.807) is 36.5 Å². The van der Waals surface area contributed by atoms with Crippen LogP contribution in [0.25, 0.3) is 10.9 Å². The van der Waals surface area contributed by atoms with Crippen LogP contribution in [-0.4, -0.2) is 46.4 Å². The lowest BCUT2D eigenvalue weighted by Gasteiger charge is -2.27. The molecule has 3 aromatic rings. The number of carbonyl (C=O) groups excluding carboxylic acids is 2. The van der Waals surface area contributed by atoms with E-state index in [9.17, 15) is 9.59 Å². The SMILES string of the molecule is Cc1cnc2c(NC(=O)c3c(Cl)cccc3Cl)cccc2c1NC(=O)N1CCSCC1. The third-order valence-electron chi connectivity index (χ3n) is 5.06. The fourth-order valence-electron chi connectivity index (χ4n) is 3.44. The van der Waals surface area contributed by atoms with Crippen LogP contribution in [0.4, 0.5) is 16.2 Å². The fraction of sp³-hybridized carbons (Fsp3) is 0.227. The molecule has 0 spiro atoms. The van der Waals surface area contributed by atoms with Gasteiger partial charge in [0.25, 0.3) is 5.91 Å². The Bertz CT molecular complexity index is 1150. The molecule has 31 heavy (non-hydrogen) atoms. The van der Waals surface area contributed by atoms with Crippen molar-refractivity contribution < 1.29 is 9.59 Å². The Kier molecular flexibility index (Phi) is 6.55. The molecule has 2 heterocycles. The predicted molar refractivity (Wildman–Crippen MR) is 129 cm³/mol. The maximum absolute atomic E-state index is 12.8. The van der Waals surface area contributed by atoms with Gasteiger partial charge in [-0.2, -0.15) is 11.8 Å². The summed E-state index contributed by atoms with van der Waals surface area (Å²) in [5.41, 5.74) is 2.79. The number of amides is 3. The van der Waals surface area contributed by atoms with Crippen LogP contribution in [0, 0.1) is 6.92 Å². The molecule has 9 heteroatoms. The van der Waals surface area contributed by atoms with Crippen LogP contribution >= 0.6 is 35.0 Å². The van der Waals surface area contributed by atoms with Crippen LogP contribution in [0.15, 0.2) is 42.6 Å². The first-order valence-electron chi connectivity index (χ1n) is 9.73. The number of halogens is 2. The normalized spacial score (nSPS) is 13.8. The number of fused-ring (bicyclic) bond motifs is 1. The molecule has 2 N–H and O–H groups in total. The summed E-state index contributed by atoms with van der Waals surface area (Å²) >= 11 is 14.2. The molecule has 0 atom stereocenters. The van der Waals surface area contributed by atoms with Crippen molar-refractivity contribution in [1.82, 2.24) is 9.88 Å². The van der Waals surface area contributed by atoms with Crippen molar-refractivity contribution in [3.05, 3.63) is 63.8 Å². The molecule has 0 aliphatic carbocycles. The molecule has 3 amide bonds. The third-order valence-corrected chi connectivity index (χ3v) is 6.63. The summed E-state index contributed by atoms with van der Waals surface area (Å²) in [5, 5.41) is 7.16. The number of rotatable bonds is 3. The van der Waals surface area contributed by atoms with E-state index in [2.05, 4.69) is 15.6 Å². The minimum atomic E-state index is -0.429. The summed E-state index contributed by atoms with van der Waals surface area (Å²) in [6.45, 7) is 3.33. The van der Waals surface area contributed by atoms with Gasteiger partial charge < -0.3 is 15.5 Å². The molecule has 0 bridgehead atoms. The first kappa shape index (κ1) is 21.7. The summed E-state index contributed by atoms with van der Waals surface area (Å²) < 4.78 is 0. The van der Waals surface area contributed by atoms with Gasteiger partial charge in [-0.3, -0.25) is 9.78 Å². The van der Waals surface area contributed by atoms with Crippen molar-refractivity contribution in [2.45, 2.75) is 6.92 Å². The number of anilines is 2. The van der Waals surface area contributed by atoms with Crippen LogP contribution < -0.4 is 10.6 Å². The van der Waals surface area contributed by atoms with Crippen LogP contribution in [0.5, 0.6) is 0 Å². The zero-order valence-electron chi connectivity index (χ0n) is 16.7. The first-order valence-corrected chi connectivity index (χ1v) is 11.6. The molecular weight excluding hydrogens is 455 g/mol. The lowest BCUT2D eigenvalue weighted by molar-refractivity contribution is 0.102. The van der Waals surface area contributed by atoms with E-state index < -0.39 is 5.91 Å². The van der Waals surface area contributed by atoms with Gasteiger partial charge in [-0.1, -0.05) is 41.4 Å². The maximum Gasteiger partial charge on any atom is 0.321 e. The second-order valence-corrected chi connectivity index (χ2v) is 9.14. The Balaban J connectivity index is 1.66. The highest BCUT2D eigenvalue weighted by molar-refractivity contribution is 7.99. The summed E-state index contributed by atoms with van der Waals surface area (Å²) in [5.74, 6) is 1.44. The molecule has 2 aromatic carbocycles. The Labute approximate surface area is 194 Å². The highest BCUT2D eigenvalue weighted by Crippen LogP contribution is 2.32. The number of nitrogens with one attached hydrogen (secondary N) is 2. The zero-order valence-corrected chi connectivity index (χ0v) is 19.1. The van der Waals surface area contributed by atoms with Crippen molar-refractivity contribution in [3.8, 4) is 0 Å². The van der Waals surface area contributed by atoms with E-state index in [0.717, 1.165) is 35.5 Å². The number of benzene rings is 2. The monoisotopic (exact) mass is 474 g/mol. The molecule has 1 aromatic heterocycles. The van der Waals surface area contributed by atoms with Crippen molar-refractivity contribution >= 4 is 69.2 Å². The molecule has 4 rings (SSSR count). The van der Waals surface area contributed by atoms with E-state index in [4.69, 9.17) is 23.2 Å².